The summed E-state index contributed by atoms with van der Waals surface area (Å²) in [5.41, 5.74) is 2.40. The summed E-state index contributed by atoms with van der Waals surface area (Å²) in [5, 5.41) is 0. The molecule has 2 amide bonds. The predicted octanol–water partition coefficient (Wildman–Crippen LogP) is 5.39. The van der Waals surface area contributed by atoms with E-state index in [1.54, 1.807) is 53.2 Å². The normalized spacial score (nSPS) is 17.6. The van der Waals surface area contributed by atoms with E-state index in [0.29, 0.717) is 34.6 Å². The summed E-state index contributed by atoms with van der Waals surface area (Å²) in [6, 6.07) is 24.1. The molecule has 6 rings (SSSR count). The van der Waals surface area contributed by atoms with Crippen LogP contribution in [0.15, 0.2) is 101 Å². The maximum absolute atomic E-state index is 13.7. The number of nitrogens with zero attached hydrogens (tertiary/aromatic N) is 4. The Morgan fingerprint density at radius 2 is 1.50 bits per heavy atom. The number of carbonyl (C=O) groups excluding carboxylic acids is 2. The van der Waals surface area contributed by atoms with Crippen molar-refractivity contribution in [1.29, 1.82) is 0 Å². The molecule has 1 saturated heterocycles. The average Bonchev–Trinajstić information content (AvgIpc) is 3.39. The number of aromatic nitrogens is 2. The highest BCUT2D eigenvalue weighted by molar-refractivity contribution is 6.20. The van der Waals surface area contributed by atoms with Crippen molar-refractivity contribution in [1.82, 2.24) is 14.5 Å². The molecule has 9 nitrogen and oxygen atoms in total. The largest absolute Gasteiger partial charge is 0.414 e. The molecule has 226 valence electrons. The zero-order valence-corrected chi connectivity index (χ0v) is 23.4. The third-order valence-corrected chi connectivity index (χ3v) is 7.72. The Kier molecular flexibility index (Phi) is 7.81. The van der Waals surface area contributed by atoms with Crippen molar-refractivity contribution >= 4 is 23.4 Å². The number of halogens is 3. The number of piperidine rings is 1. The van der Waals surface area contributed by atoms with Gasteiger partial charge in [-0.1, -0.05) is 78.9 Å². The van der Waals surface area contributed by atoms with E-state index < -0.39 is 30.9 Å². The molecule has 1 fully saturated rings. The van der Waals surface area contributed by atoms with Crippen LogP contribution in [0.5, 0.6) is 0 Å². The molecule has 3 aromatic carbocycles. The number of hydrogen-bond acceptors (Lipinski definition) is 5. The van der Waals surface area contributed by atoms with Crippen LogP contribution in [0.2, 0.25) is 0 Å². The molecule has 2 aliphatic heterocycles. The lowest BCUT2D eigenvalue weighted by molar-refractivity contribution is -0.137. The zero-order chi connectivity index (χ0) is 30.8. The molecule has 1 N–H and O–H groups in total. The van der Waals surface area contributed by atoms with Crippen LogP contribution in [-0.4, -0.2) is 64.2 Å². The van der Waals surface area contributed by atoms with Gasteiger partial charge >= 0.3 is 18.0 Å². The molecule has 1 atom stereocenters. The molecule has 1 aromatic heterocycles. The number of aromatic amines is 1. The van der Waals surface area contributed by atoms with Crippen LogP contribution in [0.3, 0.4) is 0 Å². The fourth-order valence-electron chi connectivity index (χ4n) is 5.59. The van der Waals surface area contributed by atoms with Crippen LogP contribution in [0.1, 0.15) is 30.0 Å². The van der Waals surface area contributed by atoms with Gasteiger partial charge in [-0.3, -0.25) is 14.3 Å². The number of para-hydroxylation sites is 1. The van der Waals surface area contributed by atoms with Crippen molar-refractivity contribution in [2.24, 2.45) is 4.99 Å². The maximum Gasteiger partial charge on any atom is 0.412 e. The molecule has 0 aliphatic carbocycles. The number of fused-ring (bicyclic) bond motifs is 1. The van der Waals surface area contributed by atoms with Gasteiger partial charge in [0.2, 0.25) is 0 Å². The highest BCUT2D eigenvalue weighted by Crippen LogP contribution is 2.32. The van der Waals surface area contributed by atoms with Crippen LogP contribution in [-0.2, 0) is 9.53 Å². The molecular weight excluding hydrogens is 575 g/mol. The minimum Gasteiger partial charge on any atom is -0.414 e. The Morgan fingerprint density at radius 3 is 2.16 bits per heavy atom. The van der Waals surface area contributed by atoms with E-state index in [-0.39, 0.29) is 36.2 Å². The van der Waals surface area contributed by atoms with Crippen LogP contribution >= 0.6 is 0 Å². The summed E-state index contributed by atoms with van der Waals surface area (Å²) in [5.74, 6) is -1.10. The van der Waals surface area contributed by atoms with Crippen molar-refractivity contribution < 1.29 is 27.5 Å². The van der Waals surface area contributed by atoms with E-state index in [2.05, 4.69) is 9.98 Å². The van der Waals surface area contributed by atoms with Crippen molar-refractivity contribution in [3.8, 4) is 11.3 Å². The van der Waals surface area contributed by atoms with Gasteiger partial charge in [0.05, 0.1) is 17.1 Å². The summed E-state index contributed by atoms with van der Waals surface area (Å²) in [6.45, 7) is -1.15. The van der Waals surface area contributed by atoms with Crippen LogP contribution in [0.4, 0.5) is 23.7 Å². The summed E-state index contributed by atoms with van der Waals surface area (Å²) >= 11 is 0. The van der Waals surface area contributed by atoms with Gasteiger partial charge in [0.15, 0.2) is 0 Å². The molecule has 12 heteroatoms. The number of hydrogen-bond donors (Lipinski definition) is 1. The van der Waals surface area contributed by atoms with E-state index in [4.69, 9.17) is 4.74 Å². The number of benzene rings is 3. The number of likely N-dealkylation sites (tertiary alicyclic amines) is 1. The van der Waals surface area contributed by atoms with Crippen LogP contribution < -0.4 is 10.6 Å². The van der Waals surface area contributed by atoms with E-state index >= 15 is 0 Å². The first kappa shape index (κ1) is 29.0. The Balaban J connectivity index is 1.22. The molecule has 0 saturated carbocycles. The number of alkyl halides is 3. The zero-order valence-electron chi connectivity index (χ0n) is 23.4. The topological polar surface area (TPSA) is 100 Å². The third kappa shape index (κ3) is 6.01. The predicted molar refractivity (Wildman–Crippen MR) is 158 cm³/mol. The Bertz CT molecular complexity index is 1740. The van der Waals surface area contributed by atoms with E-state index in [0.717, 1.165) is 5.56 Å². The summed E-state index contributed by atoms with van der Waals surface area (Å²) < 4.78 is 48.2. The molecule has 44 heavy (non-hydrogen) atoms. The second-order valence-corrected chi connectivity index (χ2v) is 10.6. The lowest BCUT2D eigenvalue weighted by Crippen LogP contribution is -2.47. The van der Waals surface area contributed by atoms with Crippen LogP contribution in [0, 0.1) is 0 Å². The molecule has 0 bridgehead atoms. The minimum atomic E-state index is -4.72. The van der Waals surface area contributed by atoms with Gasteiger partial charge in [-0.05, 0) is 24.5 Å². The molecule has 4 aromatic rings. The standard InChI is InChI=1S/C32H28F3N5O4/c33-32(34,35)20-40-26-14-8-7-13-24(26)27(22-11-5-2-6-12-22)37-28(29(40)41)44-31(43)38-17-15-23(16-18-38)39-19-25(36-30(39)42)21-9-3-1-4-10-21/h1-14,19,23,28H,15-18,20H2,(H,36,42). The number of nitrogens with one attached hydrogen (secondary N) is 1. The number of H-pyrrole nitrogens is 1. The Morgan fingerprint density at radius 1 is 0.886 bits per heavy atom. The second-order valence-electron chi connectivity index (χ2n) is 10.6. The monoisotopic (exact) mass is 603 g/mol. The Labute approximate surface area is 250 Å². The highest BCUT2D eigenvalue weighted by Gasteiger charge is 2.41. The maximum atomic E-state index is 13.7. The van der Waals surface area contributed by atoms with Crippen molar-refractivity contribution in [3.63, 3.8) is 0 Å². The number of amides is 2. The lowest BCUT2D eigenvalue weighted by Gasteiger charge is -2.32. The highest BCUT2D eigenvalue weighted by atomic mass is 19.4. The first-order valence-corrected chi connectivity index (χ1v) is 14.1. The average molecular weight is 604 g/mol. The summed E-state index contributed by atoms with van der Waals surface area (Å²) in [6.07, 6.45) is -4.80. The fraction of sp³-hybridized carbons (Fsp3) is 0.250. The summed E-state index contributed by atoms with van der Waals surface area (Å²) in [4.78, 5) is 48.8. The molecule has 2 aliphatic rings. The van der Waals surface area contributed by atoms with Crippen molar-refractivity contribution in [2.75, 3.05) is 24.5 Å². The van der Waals surface area contributed by atoms with Crippen molar-refractivity contribution in [3.05, 3.63) is 113 Å². The molecule has 3 heterocycles. The van der Waals surface area contributed by atoms with E-state index in [1.807, 2.05) is 30.3 Å². The molecule has 0 radical (unpaired) electrons. The number of carbonyl (C=O) groups is 2. The van der Waals surface area contributed by atoms with Crippen molar-refractivity contribution in [2.45, 2.75) is 31.3 Å². The second kappa shape index (κ2) is 11.9. The molecule has 1 unspecified atom stereocenters. The molecular formula is C32H28F3N5O4. The number of ether oxygens (including phenoxy) is 1. The fourth-order valence-corrected chi connectivity index (χ4v) is 5.59. The first-order chi connectivity index (χ1) is 21.2. The SMILES string of the molecule is O=C(OC1N=C(c2ccccc2)c2ccccc2N(CC(F)(F)F)C1=O)N1CCC(n2cc(-c3ccccc3)[nH]c2=O)CC1. The Hall–Kier alpha value is -5.13. The van der Waals surface area contributed by atoms with Gasteiger partial charge in [0.25, 0.3) is 12.1 Å². The van der Waals surface area contributed by atoms with Gasteiger partial charge in [-0.2, -0.15) is 13.2 Å². The van der Waals surface area contributed by atoms with Gasteiger partial charge in [0.1, 0.15) is 6.54 Å². The number of rotatable bonds is 5. The van der Waals surface area contributed by atoms with Gasteiger partial charge in [-0.15, -0.1) is 0 Å². The van der Waals surface area contributed by atoms with Gasteiger partial charge in [-0.25, -0.2) is 14.6 Å². The smallest absolute Gasteiger partial charge is 0.412 e. The number of imidazole rings is 1. The van der Waals surface area contributed by atoms with E-state index in [1.165, 1.54) is 17.0 Å². The molecule has 0 spiro atoms. The third-order valence-electron chi connectivity index (χ3n) is 7.72. The van der Waals surface area contributed by atoms with Crippen LogP contribution in [0.25, 0.3) is 11.3 Å². The van der Waals surface area contributed by atoms with Gasteiger partial charge < -0.3 is 14.6 Å². The van der Waals surface area contributed by atoms with E-state index in [9.17, 15) is 27.6 Å². The quantitative estimate of drug-likeness (QED) is 0.331. The lowest BCUT2D eigenvalue weighted by atomic mass is 10.0. The first-order valence-electron chi connectivity index (χ1n) is 14.1. The number of benzodiazepines with no additional fused rings is 1. The summed E-state index contributed by atoms with van der Waals surface area (Å²) in [7, 11) is 0. The minimum absolute atomic E-state index is 0.0172. The van der Waals surface area contributed by atoms with Gasteiger partial charge in [0, 0.05) is 36.5 Å². The number of aliphatic imine (C=N–C) groups is 1. The number of anilines is 1.